The third-order valence-corrected chi connectivity index (χ3v) is 4.25. The molecule has 2 aromatic rings. The lowest BCUT2D eigenvalue weighted by Crippen LogP contribution is -2.22. The third kappa shape index (κ3) is 3.97. The largest absolute Gasteiger partial charge is 0.444 e. The van der Waals surface area contributed by atoms with Gasteiger partial charge in [0.2, 0.25) is 0 Å². The summed E-state index contributed by atoms with van der Waals surface area (Å²) in [4.78, 5) is 5.48. The number of alkyl halides is 3. The number of hydrogen-bond acceptors (Lipinski definition) is 3. The molecule has 7 heteroatoms. The van der Waals surface area contributed by atoms with Crippen LogP contribution in [0.1, 0.15) is 18.0 Å². The molecule has 2 nitrogen and oxygen atoms in total. The van der Waals surface area contributed by atoms with E-state index in [1.165, 1.54) is 23.3 Å². The topological polar surface area (TPSA) is 12.5 Å². The van der Waals surface area contributed by atoms with Crippen molar-refractivity contribution < 1.29 is 22.4 Å². The fourth-order valence-corrected chi connectivity index (χ4v) is 3.25. The molecule has 1 saturated heterocycles. The first-order valence-corrected chi connectivity index (χ1v) is 7.81. The Morgan fingerprint density at radius 2 is 1.78 bits per heavy atom. The van der Waals surface area contributed by atoms with Crippen LogP contribution in [0.5, 0.6) is 0 Å². The van der Waals surface area contributed by atoms with E-state index in [2.05, 4.69) is 0 Å². The number of thioether (sulfide) groups is 1. The Hall–Kier alpha value is -1.73. The molecule has 3 rings (SSSR count). The molecule has 0 saturated carbocycles. The number of nitrogens with zero attached hydrogens (tertiary/aromatic N) is 1. The van der Waals surface area contributed by atoms with Gasteiger partial charge in [0, 0.05) is 6.42 Å². The van der Waals surface area contributed by atoms with E-state index in [9.17, 15) is 17.6 Å². The predicted octanol–water partition coefficient (Wildman–Crippen LogP) is 5.29. The third-order valence-electron chi connectivity index (χ3n) is 3.44. The maximum absolute atomic E-state index is 13.5. The summed E-state index contributed by atoms with van der Waals surface area (Å²) in [5.41, 5.74) is -4.24. The lowest BCUT2D eigenvalue weighted by Gasteiger charge is -2.25. The first-order valence-electron chi connectivity index (χ1n) is 6.93. The Morgan fingerprint density at radius 3 is 2.43 bits per heavy atom. The summed E-state index contributed by atoms with van der Waals surface area (Å²) >= 11 is -0.192. The molecular weight excluding hydrogens is 330 g/mol. The molecule has 0 amide bonds. The van der Waals surface area contributed by atoms with E-state index in [-0.39, 0.29) is 18.2 Å². The van der Waals surface area contributed by atoms with E-state index in [1.54, 1.807) is 36.4 Å². The highest BCUT2D eigenvalue weighted by Gasteiger charge is 2.42. The number of hydrogen-bond donors (Lipinski definition) is 0. The van der Waals surface area contributed by atoms with Gasteiger partial charge in [-0.25, -0.2) is 9.45 Å². The van der Waals surface area contributed by atoms with Gasteiger partial charge >= 0.3 is 5.51 Å². The molecule has 1 aliphatic heterocycles. The van der Waals surface area contributed by atoms with E-state index in [0.29, 0.717) is 11.3 Å². The fraction of sp³-hybridized carbons (Fsp3) is 0.250. The maximum atomic E-state index is 13.5. The molecule has 1 heterocycles. The first kappa shape index (κ1) is 16.1. The zero-order valence-electron chi connectivity index (χ0n) is 11.8. The van der Waals surface area contributed by atoms with Crippen LogP contribution in [0.3, 0.4) is 0 Å². The quantitative estimate of drug-likeness (QED) is 0.703. The van der Waals surface area contributed by atoms with Gasteiger partial charge < -0.3 is 0 Å². The highest BCUT2D eigenvalue weighted by Crippen LogP contribution is 2.46. The van der Waals surface area contributed by atoms with Gasteiger partial charge in [0.05, 0.1) is 11.7 Å². The van der Waals surface area contributed by atoms with Crippen LogP contribution in [0, 0.1) is 5.82 Å². The molecule has 2 aromatic carbocycles. The first-order chi connectivity index (χ1) is 10.9. The second-order valence-corrected chi connectivity index (χ2v) is 6.29. The molecule has 23 heavy (non-hydrogen) atoms. The SMILES string of the molecule is Fc1cccc(C2CC(SC(F)(F)F)ON2c2ccccc2)c1. The Bertz CT molecular complexity index is 665. The minimum absolute atomic E-state index is 0.114. The summed E-state index contributed by atoms with van der Waals surface area (Å²) in [5, 5.41) is 1.43. The highest BCUT2D eigenvalue weighted by molar-refractivity contribution is 8.00. The van der Waals surface area contributed by atoms with Gasteiger partial charge in [-0.3, -0.25) is 4.84 Å². The predicted molar refractivity (Wildman–Crippen MR) is 81.2 cm³/mol. The number of rotatable bonds is 3. The van der Waals surface area contributed by atoms with Crippen LogP contribution in [-0.2, 0) is 4.84 Å². The minimum Gasteiger partial charge on any atom is -0.258 e. The molecule has 0 N–H and O–H groups in total. The Kier molecular flexibility index (Phi) is 4.50. The lowest BCUT2D eigenvalue weighted by molar-refractivity contribution is -0.0362. The van der Waals surface area contributed by atoms with Crippen LogP contribution in [0.25, 0.3) is 0 Å². The summed E-state index contributed by atoms with van der Waals surface area (Å²) in [5.74, 6) is -0.428. The van der Waals surface area contributed by atoms with Gasteiger partial charge in [0.1, 0.15) is 11.3 Å². The van der Waals surface area contributed by atoms with E-state index in [4.69, 9.17) is 4.84 Å². The number of anilines is 1. The minimum atomic E-state index is -4.39. The molecule has 0 aliphatic carbocycles. The van der Waals surface area contributed by atoms with E-state index >= 15 is 0 Å². The molecule has 0 aromatic heterocycles. The number of hydroxylamine groups is 1. The van der Waals surface area contributed by atoms with Gasteiger partial charge in [-0.2, -0.15) is 13.2 Å². The van der Waals surface area contributed by atoms with Crippen LogP contribution >= 0.6 is 11.8 Å². The molecule has 2 atom stereocenters. The van der Waals surface area contributed by atoms with Gasteiger partial charge in [0.25, 0.3) is 0 Å². The molecular formula is C16H13F4NOS. The van der Waals surface area contributed by atoms with Gasteiger partial charge in [-0.05, 0) is 41.6 Å². The van der Waals surface area contributed by atoms with Crippen molar-refractivity contribution in [2.75, 3.05) is 5.06 Å². The normalized spacial score (nSPS) is 21.7. The van der Waals surface area contributed by atoms with Crippen molar-refractivity contribution in [3.8, 4) is 0 Å². The average Bonchev–Trinajstić information content (AvgIpc) is 2.90. The van der Waals surface area contributed by atoms with Crippen molar-refractivity contribution in [3.05, 3.63) is 66.0 Å². The van der Waals surface area contributed by atoms with Crippen molar-refractivity contribution >= 4 is 17.4 Å². The van der Waals surface area contributed by atoms with E-state index in [1.807, 2.05) is 0 Å². The Labute approximate surface area is 135 Å². The van der Waals surface area contributed by atoms with Gasteiger partial charge in [-0.15, -0.1) is 0 Å². The zero-order valence-corrected chi connectivity index (χ0v) is 12.7. The summed E-state index contributed by atoms with van der Waals surface area (Å²) in [6.45, 7) is 0. The van der Waals surface area contributed by atoms with Crippen LogP contribution in [0.2, 0.25) is 0 Å². The van der Waals surface area contributed by atoms with Crippen LogP contribution < -0.4 is 5.06 Å². The molecule has 122 valence electrons. The van der Waals surface area contributed by atoms with Crippen molar-refractivity contribution in [1.82, 2.24) is 0 Å². The van der Waals surface area contributed by atoms with Gasteiger partial charge in [0.15, 0.2) is 0 Å². The standard InChI is InChI=1S/C16H13F4NOS/c17-12-6-4-5-11(9-12)14-10-15(23-16(18,19)20)22-21(14)13-7-2-1-3-8-13/h1-9,14-15H,10H2. The Balaban J connectivity index is 1.90. The summed E-state index contributed by atoms with van der Waals surface area (Å²) < 4.78 is 51.4. The smallest absolute Gasteiger partial charge is 0.258 e. The molecule has 1 aliphatic rings. The van der Waals surface area contributed by atoms with Crippen molar-refractivity contribution in [2.24, 2.45) is 0 Å². The Morgan fingerprint density at radius 1 is 1.04 bits per heavy atom. The molecule has 0 radical (unpaired) electrons. The average molecular weight is 343 g/mol. The second-order valence-electron chi connectivity index (χ2n) is 5.07. The monoisotopic (exact) mass is 343 g/mol. The van der Waals surface area contributed by atoms with E-state index in [0.717, 1.165) is 0 Å². The van der Waals surface area contributed by atoms with Crippen LogP contribution in [0.15, 0.2) is 54.6 Å². The van der Waals surface area contributed by atoms with E-state index < -0.39 is 22.8 Å². The summed E-state index contributed by atoms with van der Waals surface area (Å²) in [7, 11) is 0. The van der Waals surface area contributed by atoms with Crippen LogP contribution in [0.4, 0.5) is 23.2 Å². The molecule has 0 spiro atoms. The number of para-hydroxylation sites is 1. The maximum Gasteiger partial charge on any atom is 0.444 e. The fourth-order valence-electron chi connectivity index (χ4n) is 2.54. The van der Waals surface area contributed by atoms with Crippen molar-refractivity contribution in [1.29, 1.82) is 0 Å². The zero-order chi connectivity index (χ0) is 16.4. The summed E-state index contributed by atoms with van der Waals surface area (Å²) in [6, 6.07) is 14.2. The van der Waals surface area contributed by atoms with Crippen molar-refractivity contribution in [3.63, 3.8) is 0 Å². The van der Waals surface area contributed by atoms with Gasteiger partial charge in [-0.1, -0.05) is 30.3 Å². The molecule has 2 unspecified atom stereocenters. The molecule has 0 bridgehead atoms. The second kappa shape index (κ2) is 6.41. The molecule has 1 fully saturated rings. The van der Waals surface area contributed by atoms with Crippen molar-refractivity contribution in [2.45, 2.75) is 23.4 Å². The van der Waals surface area contributed by atoms with Crippen LogP contribution in [-0.4, -0.2) is 10.9 Å². The summed E-state index contributed by atoms with van der Waals surface area (Å²) in [6.07, 6.45) is 0.114. The number of halogens is 4. The highest BCUT2D eigenvalue weighted by atomic mass is 32.2. The lowest BCUT2D eigenvalue weighted by atomic mass is 10.0. The number of benzene rings is 2.